The van der Waals surface area contributed by atoms with Crippen LogP contribution >= 0.6 is 0 Å². The normalized spacial score (nSPS) is 14.8. The number of benzene rings is 2. The Labute approximate surface area is 160 Å². The van der Waals surface area contributed by atoms with E-state index in [9.17, 15) is 5.11 Å². The van der Waals surface area contributed by atoms with Gasteiger partial charge in [-0.2, -0.15) is 0 Å². The molecule has 26 heavy (non-hydrogen) atoms. The van der Waals surface area contributed by atoms with Gasteiger partial charge in [0.25, 0.3) is 8.32 Å². The van der Waals surface area contributed by atoms with Crippen LogP contribution in [0.2, 0.25) is 5.04 Å². The summed E-state index contributed by atoms with van der Waals surface area (Å²) in [6.07, 6.45) is 0.981. The molecule has 2 aromatic rings. The summed E-state index contributed by atoms with van der Waals surface area (Å²) in [5, 5.41) is 12.0. The van der Waals surface area contributed by atoms with E-state index in [1.807, 2.05) is 0 Å². The van der Waals surface area contributed by atoms with Gasteiger partial charge in [-0.25, -0.2) is 0 Å². The third-order valence-corrected chi connectivity index (χ3v) is 10.1. The fourth-order valence-corrected chi connectivity index (χ4v) is 8.55. The van der Waals surface area contributed by atoms with E-state index in [-0.39, 0.29) is 11.6 Å². The second kappa shape index (κ2) is 8.98. The van der Waals surface area contributed by atoms with Crippen molar-refractivity contribution < 1.29 is 9.53 Å². The van der Waals surface area contributed by atoms with E-state index in [0.29, 0.717) is 11.8 Å². The molecule has 2 aromatic carbocycles. The van der Waals surface area contributed by atoms with Crippen LogP contribution in [-0.2, 0) is 4.43 Å². The Hall–Kier alpha value is -1.42. The van der Waals surface area contributed by atoms with Gasteiger partial charge in [0.15, 0.2) is 0 Å². The van der Waals surface area contributed by atoms with Crippen molar-refractivity contribution in [3.8, 4) is 0 Å². The van der Waals surface area contributed by atoms with Crippen LogP contribution in [0.4, 0.5) is 0 Å². The molecular weight excluding hydrogens is 336 g/mol. The lowest BCUT2D eigenvalue weighted by Gasteiger charge is -2.43. The lowest BCUT2D eigenvalue weighted by Crippen LogP contribution is -2.66. The highest BCUT2D eigenvalue weighted by Gasteiger charge is 2.50. The highest BCUT2D eigenvalue weighted by atomic mass is 28.4. The standard InChI is InChI=1S/C23H34O2Si/c1-19(17-24)16-20(2)18-25-26(23(3,4)5,21-12-8-6-9-13-21)22-14-10-7-11-15-22/h6-15,19-20,24H,16-18H2,1-5H3/t19-,20-/m1/s1. The van der Waals surface area contributed by atoms with Gasteiger partial charge in [0, 0.05) is 13.2 Å². The fourth-order valence-electron chi connectivity index (χ4n) is 3.86. The van der Waals surface area contributed by atoms with Gasteiger partial charge in [-0.1, -0.05) is 95.3 Å². The van der Waals surface area contributed by atoms with Crippen LogP contribution in [0.1, 0.15) is 41.0 Å². The van der Waals surface area contributed by atoms with Gasteiger partial charge in [0.2, 0.25) is 0 Å². The largest absolute Gasteiger partial charge is 0.407 e. The third kappa shape index (κ3) is 4.64. The predicted octanol–water partition coefficient (Wildman–Crippen LogP) is 4.22. The van der Waals surface area contributed by atoms with E-state index in [1.165, 1.54) is 10.4 Å². The maximum atomic E-state index is 9.36. The van der Waals surface area contributed by atoms with Crippen LogP contribution in [0.5, 0.6) is 0 Å². The summed E-state index contributed by atoms with van der Waals surface area (Å²) in [6, 6.07) is 21.5. The average molecular weight is 371 g/mol. The quantitative estimate of drug-likeness (QED) is 0.705. The van der Waals surface area contributed by atoms with E-state index in [1.54, 1.807) is 0 Å². The molecular formula is C23H34O2Si. The fraction of sp³-hybridized carbons (Fsp3) is 0.478. The molecule has 2 rings (SSSR count). The maximum Gasteiger partial charge on any atom is 0.261 e. The molecule has 142 valence electrons. The average Bonchev–Trinajstić information content (AvgIpc) is 2.62. The summed E-state index contributed by atoms with van der Waals surface area (Å²) in [7, 11) is -2.44. The summed E-state index contributed by atoms with van der Waals surface area (Å²) in [6.45, 7) is 12.2. The molecule has 0 radical (unpaired) electrons. The number of hydrogen-bond donors (Lipinski definition) is 1. The van der Waals surface area contributed by atoms with E-state index < -0.39 is 8.32 Å². The Balaban J connectivity index is 2.44. The van der Waals surface area contributed by atoms with Crippen LogP contribution in [-0.4, -0.2) is 26.6 Å². The molecule has 2 atom stereocenters. The van der Waals surface area contributed by atoms with Crippen molar-refractivity contribution in [2.75, 3.05) is 13.2 Å². The second-order valence-corrected chi connectivity index (χ2v) is 12.9. The van der Waals surface area contributed by atoms with Gasteiger partial charge >= 0.3 is 0 Å². The molecule has 1 N–H and O–H groups in total. The van der Waals surface area contributed by atoms with Gasteiger partial charge < -0.3 is 9.53 Å². The lowest BCUT2D eigenvalue weighted by atomic mass is 9.99. The summed E-state index contributed by atoms with van der Waals surface area (Å²) < 4.78 is 6.93. The molecule has 2 nitrogen and oxygen atoms in total. The number of aliphatic hydroxyl groups excluding tert-OH is 1. The molecule has 0 aliphatic heterocycles. The van der Waals surface area contributed by atoms with Crippen LogP contribution in [0.3, 0.4) is 0 Å². The highest BCUT2D eigenvalue weighted by molar-refractivity contribution is 6.99. The van der Waals surface area contributed by atoms with Gasteiger partial charge in [0.1, 0.15) is 0 Å². The number of hydrogen-bond acceptors (Lipinski definition) is 2. The van der Waals surface area contributed by atoms with Crippen molar-refractivity contribution in [1.82, 2.24) is 0 Å². The van der Waals surface area contributed by atoms with Crippen LogP contribution in [0.15, 0.2) is 60.7 Å². The first-order chi connectivity index (χ1) is 12.3. The molecule has 0 unspecified atom stereocenters. The van der Waals surface area contributed by atoms with Gasteiger partial charge in [-0.15, -0.1) is 0 Å². The number of aliphatic hydroxyl groups is 1. The monoisotopic (exact) mass is 370 g/mol. The Kier molecular flexibility index (Phi) is 7.21. The van der Waals surface area contributed by atoms with E-state index in [2.05, 4.69) is 95.3 Å². The van der Waals surface area contributed by atoms with Crippen molar-refractivity contribution in [2.24, 2.45) is 11.8 Å². The Morgan fingerprint density at radius 2 is 1.31 bits per heavy atom. The third-order valence-electron chi connectivity index (χ3n) is 5.12. The smallest absolute Gasteiger partial charge is 0.261 e. The zero-order valence-electron chi connectivity index (χ0n) is 16.9. The van der Waals surface area contributed by atoms with Crippen LogP contribution < -0.4 is 10.4 Å². The lowest BCUT2D eigenvalue weighted by molar-refractivity contribution is 0.181. The van der Waals surface area contributed by atoms with Crippen molar-refractivity contribution in [3.63, 3.8) is 0 Å². The van der Waals surface area contributed by atoms with E-state index in [4.69, 9.17) is 4.43 Å². The first kappa shape index (κ1) is 20.9. The Morgan fingerprint density at radius 3 is 1.69 bits per heavy atom. The second-order valence-electron chi connectivity index (χ2n) is 8.60. The molecule has 0 amide bonds. The zero-order chi connectivity index (χ0) is 19.2. The molecule has 0 fully saturated rings. The zero-order valence-corrected chi connectivity index (χ0v) is 17.9. The van der Waals surface area contributed by atoms with Gasteiger partial charge in [0.05, 0.1) is 0 Å². The Bertz CT molecular complexity index is 609. The SMILES string of the molecule is C[C@@H](CO)C[C@@H](C)CO[Si](c1ccccc1)(c1ccccc1)C(C)(C)C. The molecule has 0 heterocycles. The van der Waals surface area contributed by atoms with Crippen molar-refractivity contribution in [2.45, 2.75) is 46.1 Å². The predicted molar refractivity (Wildman–Crippen MR) is 114 cm³/mol. The molecule has 3 heteroatoms. The Morgan fingerprint density at radius 1 is 0.846 bits per heavy atom. The maximum absolute atomic E-state index is 9.36. The molecule has 0 aliphatic rings. The summed E-state index contributed by atoms with van der Waals surface area (Å²) in [5.41, 5.74) is 0. The van der Waals surface area contributed by atoms with E-state index >= 15 is 0 Å². The highest BCUT2D eigenvalue weighted by Crippen LogP contribution is 2.37. The first-order valence-electron chi connectivity index (χ1n) is 9.67. The van der Waals surface area contributed by atoms with Crippen LogP contribution in [0, 0.1) is 11.8 Å². The summed E-state index contributed by atoms with van der Waals surface area (Å²) in [4.78, 5) is 0. The first-order valence-corrected chi connectivity index (χ1v) is 11.6. The summed E-state index contributed by atoms with van der Waals surface area (Å²) >= 11 is 0. The topological polar surface area (TPSA) is 29.5 Å². The minimum absolute atomic E-state index is 0.0119. The summed E-state index contributed by atoms with van der Waals surface area (Å²) in [5.74, 6) is 0.728. The van der Waals surface area contributed by atoms with Crippen LogP contribution in [0.25, 0.3) is 0 Å². The van der Waals surface area contributed by atoms with Gasteiger partial charge in [-0.3, -0.25) is 0 Å². The molecule has 0 saturated carbocycles. The van der Waals surface area contributed by atoms with Crippen molar-refractivity contribution in [1.29, 1.82) is 0 Å². The molecule has 0 aliphatic carbocycles. The minimum atomic E-state index is -2.44. The van der Waals surface area contributed by atoms with E-state index in [0.717, 1.165) is 13.0 Å². The van der Waals surface area contributed by atoms with Crippen molar-refractivity contribution in [3.05, 3.63) is 60.7 Å². The number of rotatable bonds is 8. The molecule has 0 bridgehead atoms. The molecule has 0 spiro atoms. The molecule has 0 saturated heterocycles. The van der Waals surface area contributed by atoms with Gasteiger partial charge in [-0.05, 0) is 33.7 Å². The minimum Gasteiger partial charge on any atom is -0.407 e. The van der Waals surface area contributed by atoms with Crippen molar-refractivity contribution >= 4 is 18.7 Å². The molecule has 0 aromatic heterocycles.